The van der Waals surface area contributed by atoms with Crippen molar-refractivity contribution in [1.82, 2.24) is 5.32 Å². The van der Waals surface area contributed by atoms with Crippen molar-refractivity contribution in [3.8, 4) is 0 Å². The van der Waals surface area contributed by atoms with Gasteiger partial charge in [-0.2, -0.15) is 4.31 Å². The van der Waals surface area contributed by atoms with E-state index in [0.717, 1.165) is 128 Å². The van der Waals surface area contributed by atoms with Crippen LogP contribution in [-0.2, 0) is 41.5 Å². The summed E-state index contributed by atoms with van der Waals surface area (Å²) in [6.07, 6.45) is 31.0. The molecule has 502 valence electrons. The number of hydrogen-bond acceptors (Lipinski definition) is 14. The summed E-state index contributed by atoms with van der Waals surface area (Å²) in [5.41, 5.74) is 15.2. The lowest BCUT2D eigenvalue weighted by atomic mass is 9.95. The van der Waals surface area contributed by atoms with E-state index in [1.54, 1.807) is 0 Å². The SMILES string of the molecule is CC(=O)N[C@H]1[C@@H](OP(=O)(O)OP(=O)(O)OC/C=C(/C)CC/C=C(/C)CC/C=C(/C)CC/C=C(/C)CC/C=C(/C)CC/C=C(/C)CC/C=C(/C)CC/C=C(/C)CC/C=C(\C)CC/C=C(\C)CCC=C(C)C)O[C@H](CO)[C@H](O)[C@@H]1O[C@H]1O[C@H](C)[C@@H](O)[C@H](O)[C@@H]1O. The Morgan fingerprint density at radius 3 is 1.09 bits per heavy atom. The predicted molar refractivity (Wildman–Crippen MR) is 354 cm³/mol. The molecule has 2 rings (SSSR count). The molecule has 2 unspecified atom stereocenters. The average molecular weight is 1280 g/mol. The van der Waals surface area contributed by atoms with Crippen LogP contribution >= 0.6 is 15.6 Å². The highest BCUT2D eigenvalue weighted by Gasteiger charge is 2.53. The first-order valence-electron chi connectivity index (χ1n) is 31.9. The van der Waals surface area contributed by atoms with Gasteiger partial charge in [-0.1, -0.05) is 128 Å². The maximum Gasteiger partial charge on any atom is 0.483 e. The lowest BCUT2D eigenvalue weighted by Gasteiger charge is -2.47. The molecule has 19 heteroatoms. The van der Waals surface area contributed by atoms with Crippen molar-refractivity contribution in [1.29, 1.82) is 0 Å². The molecule has 0 radical (unpaired) electrons. The van der Waals surface area contributed by atoms with Crippen LogP contribution in [0.15, 0.2) is 128 Å². The summed E-state index contributed by atoms with van der Waals surface area (Å²) >= 11 is 0. The summed E-state index contributed by atoms with van der Waals surface area (Å²) in [5, 5.41) is 54.1. The van der Waals surface area contributed by atoms with Crippen LogP contribution in [0.5, 0.6) is 0 Å². The number of aliphatic hydroxyl groups is 5. The fraction of sp³-hybridized carbons (Fsp3) is 0.667. The van der Waals surface area contributed by atoms with Crippen LogP contribution in [0.1, 0.15) is 225 Å². The molecule has 0 bridgehead atoms. The molecule has 0 saturated carbocycles. The van der Waals surface area contributed by atoms with E-state index in [0.29, 0.717) is 12.8 Å². The Bertz CT molecular complexity index is 2570. The van der Waals surface area contributed by atoms with E-state index in [1.165, 1.54) is 68.7 Å². The van der Waals surface area contributed by atoms with Gasteiger partial charge in [-0.25, -0.2) is 9.13 Å². The van der Waals surface area contributed by atoms with Crippen molar-refractivity contribution < 1.29 is 76.8 Å². The molecule has 2 aliphatic heterocycles. The van der Waals surface area contributed by atoms with Gasteiger partial charge >= 0.3 is 15.6 Å². The largest absolute Gasteiger partial charge is 0.483 e. The highest BCUT2D eigenvalue weighted by molar-refractivity contribution is 7.61. The lowest BCUT2D eigenvalue weighted by molar-refractivity contribution is -0.335. The summed E-state index contributed by atoms with van der Waals surface area (Å²) in [6.45, 7) is 27.3. The maximum atomic E-state index is 13.1. The van der Waals surface area contributed by atoms with Crippen LogP contribution in [0.4, 0.5) is 0 Å². The number of phosphoric ester groups is 2. The van der Waals surface area contributed by atoms with E-state index in [1.807, 2.05) is 6.92 Å². The first kappa shape index (κ1) is 80.6. The fourth-order valence-corrected chi connectivity index (χ4v) is 12.2. The molecule has 0 aliphatic carbocycles. The molecule has 8 N–H and O–H groups in total. The highest BCUT2D eigenvalue weighted by atomic mass is 31.3. The summed E-state index contributed by atoms with van der Waals surface area (Å²) < 4.78 is 57.0. The zero-order valence-corrected chi connectivity index (χ0v) is 57.7. The number of carbonyl (C=O) groups excluding carboxylic acids is 1. The van der Waals surface area contributed by atoms with Gasteiger partial charge in [-0.05, 0) is 218 Å². The monoisotopic (exact) mass is 1280 g/mol. The molecule has 88 heavy (non-hydrogen) atoms. The summed E-state index contributed by atoms with van der Waals surface area (Å²) in [7, 11) is -10.9. The Morgan fingerprint density at radius 2 is 0.773 bits per heavy atom. The van der Waals surface area contributed by atoms with Gasteiger partial charge < -0.3 is 54.8 Å². The molecule has 0 aromatic heterocycles. The van der Waals surface area contributed by atoms with Crippen molar-refractivity contribution in [2.45, 2.75) is 287 Å². The lowest BCUT2D eigenvalue weighted by Crippen LogP contribution is -2.67. The molecule has 1 amide bonds. The van der Waals surface area contributed by atoms with Crippen molar-refractivity contribution in [2.24, 2.45) is 0 Å². The van der Waals surface area contributed by atoms with Gasteiger partial charge in [0.2, 0.25) is 5.91 Å². The number of hydrogen-bond donors (Lipinski definition) is 8. The molecule has 2 saturated heterocycles. The second-order valence-electron chi connectivity index (χ2n) is 24.8. The number of phosphoric acid groups is 2. The van der Waals surface area contributed by atoms with Crippen molar-refractivity contribution in [3.05, 3.63) is 128 Å². The van der Waals surface area contributed by atoms with Crippen LogP contribution in [0, 0.1) is 0 Å². The Morgan fingerprint density at radius 1 is 0.443 bits per heavy atom. The Kier molecular flexibility index (Phi) is 39.8. The van der Waals surface area contributed by atoms with Gasteiger partial charge in [0.15, 0.2) is 12.6 Å². The zero-order chi connectivity index (χ0) is 66.0. The number of ether oxygens (including phenoxy) is 3. The van der Waals surface area contributed by atoms with E-state index in [-0.39, 0.29) is 0 Å². The smallest absolute Gasteiger partial charge is 0.394 e. The van der Waals surface area contributed by atoms with E-state index >= 15 is 0 Å². The van der Waals surface area contributed by atoms with Crippen LogP contribution in [0.3, 0.4) is 0 Å². The van der Waals surface area contributed by atoms with Crippen molar-refractivity contribution in [2.75, 3.05) is 13.2 Å². The van der Waals surface area contributed by atoms with Crippen LogP contribution in [0.25, 0.3) is 0 Å². The highest BCUT2D eigenvalue weighted by Crippen LogP contribution is 2.61. The van der Waals surface area contributed by atoms with Gasteiger partial charge in [0.05, 0.1) is 19.3 Å². The van der Waals surface area contributed by atoms with E-state index in [2.05, 4.69) is 147 Å². The first-order valence-corrected chi connectivity index (χ1v) is 34.9. The Balaban J connectivity index is 1.69. The standard InChI is InChI=1S/C69H115NO16P2/c1-48(2)25-15-26-49(3)27-16-28-50(4)29-17-30-51(5)31-18-32-52(6)33-19-34-53(7)35-20-36-54(8)37-21-38-55(9)39-22-40-56(10)41-23-42-57(11)43-24-44-58(12)45-46-81-87(77,78)86-88(79,80)85-68-62(70-60(14)72)67(64(74)61(47-71)83-68)84-69-66(76)65(75)63(73)59(13)82-69/h25,27,29,31,33,35,37,39,41,43,45,59,61-69,71,73-76H,15-24,26,28,30,32,34,36,38,40,42,44,46-47H2,1-14H3,(H,70,72)(H,77,78)(H,79,80)/b49-27+,50-29+,51-31-,52-33-,53-35-,54-37-,55-39-,56-41-,57-43-,58-45-/t59-,61-,62-,63-,64+,65+,66+,67-,68-,69-/m1/s1. The Labute approximate surface area is 529 Å². The molecule has 2 heterocycles. The molecule has 2 aliphatic rings. The van der Waals surface area contributed by atoms with Gasteiger partial charge in [0.25, 0.3) is 0 Å². The molecule has 0 aromatic rings. The third kappa shape index (κ3) is 35.4. The second-order valence-corrected chi connectivity index (χ2v) is 27.8. The van der Waals surface area contributed by atoms with E-state index in [4.69, 9.17) is 23.3 Å². The van der Waals surface area contributed by atoms with Crippen LogP contribution < -0.4 is 5.32 Å². The predicted octanol–water partition coefficient (Wildman–Crippen LogP) is 15.3. The molecular weight excluding hydrogens is 1160 g/mol. The molecule has 0 spiro atoms. The number of allylic oxidation sites excluding steroid dienone is 21. The summed E-state index contributed by atoms with van der Waals surface area (Å²) in [4.78, 5) is 33.2. The third-order valence-electron chi connectivity index (χ3n) is 15.8. The minimum absolute atomic E-state index is 0.462. The van der Waals surface area contributed by atoms with Gasteiger partial charge in [-0.15, -0.1) is 0 Å². The van der Waals surface area contributed by atoms with E-state index in [9.17, 15) is 49.2 Å². The number of carbonyl (C=O) groups is 1. The zero-order valence-electron chi connectivity index (χ0n) is 55.9. The van der Waals surface area contributed by atoms with Gasteiger partial charge in [0, 0.05) is 6.92 Å². The Hall–Kier alpha value is -3.45. The molecule has 2 fully saturated rings. The van der Waals surface area contributed by atoms with Crippen molar-refractivity contribution in [3.63, 3.8) is 0 Å². The molecule has 0 aromatic carbocycles. The van der Waals surface area contributed by atoms with Gasteiger partial charge in [0.1, 0.15) is 42.7 Å². The number of amides is 1. The molecule has 12 atom stereocenters. The normalized spacial score (nSPS) is 25.8. The number of aliphatic hydroxyl groups excluding tert-OH is 5. The van der Waals surface area contributed by atoms with E-state index < -0.39 is 96.1 Å². The molecule has 17 nitrogen and oxygen atoms in total. The maximum absolute atomic E-state index is 13.1. The minimum atomic E-state index is -5.60. The minimum Gasteiger partial charge on any atom is -0.394 e. The summed E-state index contributed by atoms with van der Waals surface area (Å²) in [5.74, 6) is -0.783. The second kappa shape index (κ2) is 43.4. The molecular formula is C69H115NO16P2. The average Bonchev–Trinajstić information content (AvgIpc) is 1.45. The van der Waals surface area contributed by atoms with Crippen molar-refractivity contribution >= 4 is 21.6 Å². The number of rotatable bonds is 41. The van der Waals surface area contributed by atoms with Crippen LogP contribution in [-0.4, -0.2) is 116 Å². The topological polar surface area (TPSA) is 260 Å². The third-order valence-corrected chi connectivity index (χ3v) is 18.4. The van der Waals surface area contributed by atoms with Gasteiger partial charge in [-0.3, -0.25) is 13.8 Å². The fourth-order valence-electron chi connectivity index (χ4n) is 10.1. The van der Waals surface area contributed by atoms with Crippen LogP contribution in [0.2, 0.25) is 0 Å². The number of nitrogens with one attached hydrogen (secondary N) is 1. The summed E-state index contributed by atoms with van der Waals surface area (Å²) in [6, 6.07) is -1.70. The quantitative estimate of drug-likeness (QED) is 0.0209. The first-order chi connectivity index (χ1) is 41.4.